The van der Waals surface area contributed by atoms with Crippen LogP contribution in [-0.2, 0) is 19.5 Å². The van der Waals surface area contributed by atoms with Crippen molar-refractivity contribution in [3.8, 4) is 0 Å². The largest absolute Gasteiger partial charge is 0.313 e. The van der Waals surface area contributed by atoms with Crippen LogP contribution in [0.1, 0.15) is 64.7 Å². The van der Waals surface area contributed by atoms with E-state index in [0.717, 1.165) is 19.3 Å². The van der Waals surface area contributed by atoms with Gasteiger partial charge in [0, 0.05) is 25.9 Å². The Morgan fingerprint density at radius 2 is 1.26 bits per heavy atom. The molecule has 0 rings (SSSR count). The van der Waals surface area contributed by atoms with Crippen LogP contribution in [0.25, 0.3) is 0 Å². The van der Waals surface area contributed by atoms with Gasteiger partial charge in [0.1, 0.15) is 0 Å². The van der Waals surface area contributed by atoms with Crippen LogP contribution in [-0.4, -0.2) is 23.9 Å². The first-order chi connectivity index (χ1) is 11.8. The van der Waals surface area contributed by atoms with Crippen LogP contribution < -0.4 is 0 Å². The van der Waals surface area contributed by atoms with E-state index in [2.05, 4.69) is 0 Å². The van der Waals surface area contributed by atoms with Crippen LogP contribution in [0.15, 0.2) is 11.9 Å². The fourth-order valence-electron chi connectivity index (χ4n) is 2.22. The molecule has 0 bridgehead atoms. The predicted octanol–water partition coefficient (Wildman–Crippen LogP) is 7.84. The molecule has 1 unspecified atom stereocenters. The molecule has 0 aromatic carbocycles. The summed E-state index contributed by atoms with van der Waals surface area (Å²) in [6.07, 6.45) is -10.5. The molecule has 158 valence electrons. The van der Waals surface area contributed by atoms with Crippen molar-refractivity contribution in [1.29, 1.82) is 0 Å². The summed E-state index contributed by atoms with van der Waals surface area (Å²) in [5, 5.41) is 0. The second-order valence-corrected chi connectivity index (χ2v) is 6.20. The number of hydrogen-bond acceptors (Lipinski definition) is 0. The van der Waals surface area contributed by atoms with Crippen LogP contribution >= 0.6 is 0 Å². The number of unbranched alkanes of at least 4 members (excludes halogenated alkanes) is 5. The van der Waals surface area contributed by atoms with Gasteiger partial charge in [0.25, 0.3) is 5.92 Å². The normalized spacial score (nSPS) is 13.9. The monoisotopic (exact) mass is 468 g/mol. The average molecular weight is 470 g/mol. The Morgan fingerprint density at radius 3 is 1.74 bits per heavy atom. The van der Waals surface area contributed by atoms with Crippen molar-refractivity contribution in [2.24, 2.45) is 0 Å². The van der Waals surface area contributed by atoms with E-state index in [1.54, 1.807) is 0 Å². The second-order valence-electron chi connectivity index (χ2n) is 6.20. The third kappa shape index (κ3) is 10.1. The third-order valence-electron chi connectivity index (χ3n) is 3.87. The standard InChI is InChI=1S/C16H22F10.Zn/c1-2-3-4-5-6-7-8-15(23,24)16(25,26)10-12(18)14(21,22)9-11(17)13(19)20;/h12H,2-10H2,1H3;. The quantitative estimate of drug-likeness (QED) is 0.146. The van der Waals surface area contributed by atoms with Gasteiger partial charge in [-0.3, -0.25) is 0 Å². The summed E-state index contributed by atoms with van der Waals surface area (Å²) in [7, 11) is 0. The zero-order valence-electron chi connectivity index (χ0n) is 14.9. The Bertz CT molecular complexity index is 446. The first kappa shape index (κ1) is 28.9. The number of halogens is 10. The molecule has 1 atom stereocenters. The maximum atomic E-state index is 13.6. The average Bonchev–Trinajstić information content (AvgIpc) is 2.49. The van der Waals surface area contributed by atoms with E-state index in [9.17, 15) is 43.9 Å². The first-order valence-electron chi connectivity index (χ1n) is 8.24. The Hall–Kier alpha value is -0.337. The number of hydrogen-bond donors (Lipinski definition) is 0. The summed E-state index contributed by atoms with van der Waals surface area (Å²) in [6, 6.07) is 0. The van der Waals surface area contributed by atoms with Crippen LogP contribution in [0.2, 0.25) is 0 Å². The molecule has 11 heteroatoms. The van der Waals surface area contributed by atoms with Gasteiger partial charge >= 0.3 is 17.9 Å². The molecule has 0 aliphatic rings. The summed E-state index contributed by atoms with van der Waals surface area (Å²) >= 11 is 0. The third-order valence-corrected chi connectivity index (χ3v) is 3.87. The zero-order valence-corrected chi connectivity index (χ0v) is 17.9. The SMILES string of the molecule is CCCCCCCCC(F)(F)C(F)(F)CC(F)C(F)(F)CC(F)=C(F)F.[Zn]. The van der Waals surface area contributed by atoms with Crippen LogP contribution in [0.4, 0.5) is 43.9 Å². The number of rotatable bonds is 13. The second kappa shape index (κ2) is 12.3. The molecule has 0 aliphatic carbocycles. The maximum Gasteiger partial charge on any atom is 0.313 e. The maximum absolute atomic E-state index is 13.6. The molecule has 0 nitrogen and oxygen atoms in total. The van der Waals surface area contributed by atoms with Gasteiger partial charge in [0.05, 0.1) is 12.8 Å². The molecule has 0 saturated carbocycles. The van der Waals surface area contributed by atoms with Crippen molar-refractivity contribution in [3.63, 3.8) is 0 Å². The molecular formula is C16H22F10Zn. The van der Waals surface area contributed by atoms with Gasteiger partial charge in [0.15, 0.2) is 12.0 Å². The van der Waals surface area contributed by atoms with E-state index in [1.165, 1.54) is 0 Å². The van der Waals surface area contributed by atoms with Gasteiger partial charge in [-0.15, -0.1) is 0 Å². The molecule has 0 heterocycles. The summed E-state index contributed by atoms with van der Waals surface area (Å²) in [6.45, 7) is 1.92. The van der Waals surface area contributed by atoms with Crippen LogP contribution in [0.5, 0.6) is 0 Å². The Balaban J connectivity index is 0. The minimum Gasteiger partial charge on any atom is -0.241 e. The van der Waals surface area contributed by atoms with Crippen LogP contribution in [0.3, 0.4) is 0 Å². The van der Waals surface area contributed by atoms with E-state index in [0.29, 0.717) is 6.42 Å². The predicted molar refractivity (Wildman–Crippen MR) is 77.3 cm³/mol. The molecule has 0 aromatic heterocycles. The first-order valence-corrected chi connectivity index (χ1v) is 8.24. The summed E-state index contributed by atoms with van der Waals surface area (Å²) in [5.41, 5.74) is 0. The zero-order chi connectivity index (χ0) is 20.6. The van der Waals surface area contributed by atoms with E-state index in [-0.39, 0.29) is 32.3 Å². The topological polar surface area (TPSA) is 0 Å². The number of alkyl halides is 7. The van der Waals surface area contributed by atoms with E-state index < -0.39 is 55.1 Å². The minimum atomic E-state index is -5.12. The van der Waals surface area contributed by atoms with Crippen molar-refractivity contribution in [2.45, 2.75) is 88.7 Å². The fourth-order valence-corrected chi connectivity index (χ4v) is 2.22. The summed E-state index contributed by atoms with van der Waals surface area (Å²) in [4.78, 5) is 0. The van der Waals surface area contributed by atoms with Gasteiger partial charge in [-0.25, -0.2) is 17.6 Å². The smallest absolute Gasteiger partial charge is 0.241 e. The molecule has 0 saturated heterocycles. The van der Waals surface area contributed by atoms with Gasteiger partial charge in [-0.1, -0.05) is 39.0 Å². The summed E-state index contributed by atoms with van der Waals surface area (Å²) in [5.74, 6) is -17.5. The van der Waals surface area contributed by atoms with Gasteiger partial charge in [-0.05, 0) is 6.42 Å². The van der Waals surface area contributed by atoms with Crippen molar-refractivity contribution < 1.29 is 63.4 Å². The minimum absolute atomic E-state index is 0. The molecule has 0 N–H and O–H groups in total. The molecule has 0 spiro atoms. The molecule has 0 aliphatic heterocycles. The van der Waals surface area contributed by atoms with E-state index in [1.807, 2.05) is 6.92 Å². The fraction of sp³-hybridized carbons (Fsp3) is 0.875. The molecule has 27 heavy (non-hydrogen) atoms. The van der Waals surface area contributed by atoms with E-state index >= 15 is 0 Å². The molecule has 0 fully saturated rings. The van der Waals surface area contributed by atoms with Crippen molar-refractivity contribution >= 4 is 0 Å². The molecular weight excluding hydrogens is 448 g/mol. The van der Waals surface area contributed by atoms with Crippen LogP contribution in [0, 0.1) is 0 Å². The molecule has 0 aromatic rings. The van der Waals surface area contributed by atoms with Crippen molar-refractivity contribution in [3.05, 3.63) is 11.9 Å². The Morgan fingerprint density at radius 1 is 0.778 bits per heavy atom. The number of allylic oxidation sites excluding steroid dienone is 1. The Labute approximate surface area is 164 Å². The summed E-state index contributed by atoms with van der Waals surface area (Å²) < 4.78 is 130. The van der Waals surface area contributed by atoms with Crippen molar-refractivity contribution in [1.82, 2.24) is 0 Å². The van der Waals surface area contributed by atoms with E-state index in [4.69, 9.17) is 0 Å². The molecule has 0 amide bonds. The van der Waals surface area contributed by atoms with Crippen molar-refractivity contribution in [2.75, 3.05) is 0 Å². The van der Waals surface area contributed by atoms with Gasteiger partial charge < -0.3 is 0 Å². The molecule has 0 radical (unpaired) electrons. The van der Waals surface area contributed by atoms with Gasteiger partial charge in [0.2, 0.25) is 0 Å². The van der Waals surface area contributed by atoms with Gasteiger partial charge in [-0.2, -0.15) is 26.3 Å². The Kier molecular flexibility index (Phi) is 13.1.